The second kappa shape index (κ2) is 5.33. The van der Waals surface area contributed by atoms with Crippen molar-refractivity contribution in [1.82, 2.24) is 4.90 Å². The number of carbonyl (C=O) groups is 1. The van der Waals surface area contributed by atoms with E-state index in [1.165, 1.54) is 11.1 Å². The molecule has 19 heavy (non-hydrogen) atoms. The van der Waals surface area contributed by atoms with E-state index >= 15 is 0 Å². The van der Waals surface area contributed by atoms with Crippen LogP contribution in [-0.4, -0.2) is 30.4 Å². The lowest BCUT2D eigenvalue weighted by molar-refractivity contribution is -0.129. The molecule has 0 spiro atoms. The summed E-state index contributed by atoms with van der Waals surface area (Å²) in [6.45, 7) is 8.59. The number of aryl methyl sites for hydroxylation is 2. The maximum Gasteiger partial charge on any atom is 0.227 e. The molecule has 1 unspecified atom stereocenters. The number of amides is 1. The Morgan fingerprint density at radius 2 is 2.16 bits per heavy atom. The molecular weight excluding hydrogens is 236 g/mol. The van der Waals surface area contributed by atoms with Crippen LogP contribution in [0.4, 0.5) is 0 Å². The average molecular weight is 260 g/mol. The minimum Gasteiger partial charge on any atom is -0.342 e. The fourth-order valence-electron chi connectivity index (χ4n) is 2.67. The SMILES string of the molecule is Cc1ccc(C)c(CC(=O)N2CCC(C)(CN)C2)c1. The number of benzene rings is 1. The number of hydrogen-bond acceptors (Lipinski definition) is 2. The first kappa shape index (κ1) is 14.1. The van der Waals surface area contributed by atoms with Gasteiger partial charge in [0, 0.05) is 13.1 Å². The maximum absolute atomic E-state index is 12.4. The van der Waals surface area contributed by atoms with Crippen LogP contribution in [0.1, 0.15) is 30.0 Å². The smallest absolute Gasteiger partial charge is 0.227 e. The van der Waals surface area contributed by atoms with Gasteiger partial charge in [-0.3, -0.25) is 4.79 Å². The number of rotatable bonds is 3. The van der Waals surface area contributed by atoms with Crippen molar-refractivity contribution in [3.8, 4) is 0 Å². The van der Waals surface area contributed by atoms with E-state index in [4.69, 9.17) is 5.73 Å². The molecular formula is C16H24N2O. The highest BCUT2D eigenvalue weighted by Gasteiger charge is 2.34. The number of carbonyl (C=O) groups excluding carboxylic acids is 1. The van der Waals surface area contributed by atoms with Crippen molar-refractivity contribution < 1.29 is 4.79 Å². The summed E-state index contributed by atoms with van der Waals surface area (Å²) in [6, 6.07) is 6.29. The third-order valence-corrected chi connectivity index (χ3v) is 4.25. The summed E-state index contributed by atoms with van der Waals surface area (Å²) in [4.78, 5) is 14.3. The summed E-state index contributed by atoms with van der Waals surface area (Å²) in [5, 5.41) is 0. The Kier molecular flexibility index (Phi) is 3.95. The topological polar surface area (TPSA) is 46.3 Å². The Balaban J connectivity index is 2.04. The monoisotopic (exact) mass is 260 g/mol. The highest BCUT2D eigenvalue weighted by molar-refractivity contribution is 5.79. The summed E-state index contributed by atoms with van der Waals surface area (Å²) < 4.78 is 0. The summed E-state index contributed by atoms with van der Waals surface area (Å²) in [5.74, 6) is 0.228. The molecule has 0 aliphatic carbocycles. The molecule has 3 heteroatoms. The Hall–Kier alpha value is -1.35. The standard InChI is InChI=1S/C16H24N2O/c1-12-4-5-13(2)14(8-12)9-15(19)18-7-6-16(3,10-17)11-18/h4-5,8H,6-7,9-11,17H2,1-3H3. The van der Waals surface area contributed by atoms with Gasteiger partial charge in [0.05, 0.1) is 6.42 Å². The average Bonchev–Trinajstić information content (AvgIpc) is 2.77. The first-order valence-corrected chi connectivity index (χ1v) is 6.97. The zero-order valence-corrected chi connectivity index (χ0v) is 12.2. The highest BCUT2D eigenvalue weighted by atomic mass is 16.2. The van der Waals surface area contributed by atoms with Crippen LogP contribution in [0, 0.1) is 19.3 Å². The van der Waals surface area contributed by atoms with Crippen LogP contribution in [0.5, 0.6) is 0 Å². The first-order chi connectivity index (χ1) is 8.93. The predicted octanol–water partition coefficient (Wildman–Crippen LogP) is 2.04. The van der Waals surface area contributed by atoms with Gasteiger partial charge in [0.1, 0.15) is 0 Å². The van der Waals surface area contributed by atoms with E-state index in [1.807, 2.05) is 4.90 Å². The van der Waals surface area contributed by atoms with E-state index in [9.17, 15) is 4.79 Å². The maximum atomic E-state index is 12.4. The van der Waals surface area contributed by atoms with Crippen molar-refractivity contribution in [2.75, 3.05) is 19.6 Å². The minimum atomic E-state index is 0.108. The van der Waals surface area contributed by atoms with E-state index in [1.54, 1.807) is 0 Å². The summed E-state index contributed by atoms with van der Waals surface area (Å²) >= 11 is 0. The zero-order chi connectivity index (χ0) is 14.0. The van der Waals surface area contributed by atoms with Crippen LogP contribution in [-0.2, 0) is 11.2 Å². The van der Waals surface area contributed by atoms with Gasteiger partial charge in [-0.2, -0.15) is 0 Å². The molecule has 1 saturated heterocycles. The lowest BCUT2D eigenvalue weighted by Crippen LogP contribution is -2.35. The largest absolute Gasteiger partial charge is 0.342 e. The third-order valence-electron chi connectivity index (χ3n) is 4.25. The van der Waals surface area contributed by atoms with Crippen molar-refractivity contribution in [2.24, 2.45) is 11.1 Å². The summed E-state index contributed by atoms with van der Waals surface area (Å²) in [5.41, 5.74) is 9.45. The molecule has 2 rings (SSSR count). The summed E-state index contributed by atoms with van der Waals surface area (Å²) in [6.07, 6.45) is 1.52. The number of hydrogen-bond donors (Lipinski definition) is 1. The van der Waals surface area contributed by atoms with Crippen molar-refractivity contribution >= 4 is 5.91 Å². The normalized spacial score (nSPS) is 22.8. The van der Waals surface area contributed by atoms with E-state index < -0.39 is 0 Å². The Labute approximate surface area is 115 Å². The molecule has 3 nitrogen and oxygen atoms in total. The van der Waals surface area contributed by atoms with Crippen molar-refractivity contribution in [3.05, 3.63) is 34.9 Å². The van der Waals surface area contributed by atoms with Gasteiger partial charge >= 0.3 is 0 Å². The van der Waals surface area contributed by atoms with E-state index in [2.05, 4.69) is 39.0 Å². The van der Waals surface area contributed by atoms with Gasteiger partial charge in [0.2, 0.25) is 5.91 Å². The minimum absolute atomic E-state index is 0.108. The van der Waals surface area contributed by atoms with Gasteiger partial charge < -0.3 is 10.6 Å². The second-order valence-electron chi connectivity index (χ2n) is 6.19. The molecule has 0 radical (unpaired) electrons. The molecule has 1 aliphatic rings. The van der Waals surface area contributed by atoms with Crippen molar-refractivity contribution in [3.63, 3.8) is 0 Å². The van der Waals surface area contributed by atoms with Gasteiger partial charge in [-0.05, 0) is 43.4 Å². The molecule has 0 bridgehead atoms. The molecule has 1 heterocycles. The third kappa shape index (κ3) is 3.16. The van der Waals surface area contributed by atoms with Crippen LogP contribution in [0.15, 0.2) is 18.2 Å². The van der Waals surface area contributed by atoms with Gasteiger partial charge in [0.25, 0.3) is 0 Å². The van der Waals surface area contributed by atoms with E-state index in [0.717, 1.165) is 25.1 Å². The Morgan fingerprint density at radius 1 is 1.42 bits per heavy atom. The Morgan fingerprint density at radius 3 is 2.79 bits per heavy atom. The number of nitrogens with two attached hydrogens (primary N) is 1. The van der Waals surface area contributed by atoms with Crippen LogP contribution in [0.3, 0.4) is 0 Å². The van der Waals surface area contributed by atoms with Crippen LogP contribution in [0.2, 0.25) is 0 Å². The van der Waals surface area contributed by atoms with Gasteiger partial charge in [-0.15, -0.1) is 0 Å². The highest BCUT2D eigenvalue weighted by Crippen LogP contribution is 2.29. The molecule has 1 atom stereocenters. The molecule has 1 amide bonds. The molecule has 1 aromatic carbocycles. The van der Waals surface area contributed by atoms with Gasteiger partial charge in [-0.25, -0.2) is 0 Å². The van der Waals surface area contributed by atoms with Crippen LogP contribution < -0.4 is 5.73 Å². The van der Waals surface area contributed by atoms with Gasteiger partial charge in [-0.1, -0.05) is 30.7 Å². The molecule has 0 saturated carbocycles. The van der Waals surface area contributed by atoms with E-state index in [0.29, 0.717) is 13.0 Å². The molecule has 104 valence electrons. The quantitative estimate of drug-likeness (QED) is 0.904. The second-order valence-corrected chi connectivity index (χ2v) is 6.19. The molecule has 1 aliphatic heterocycles. The number of likely N-dealkylation sites (tertiary alicyclic amines) is 1. The zero-order valence-electron chi connectivity index (χ0n) is 12.2. The van der Waals surface area contributed by atoms with Crippen LogP contribution in [0.25, 0.3) is 0 Å². The fraction of sp³-hybridized carbons (Fsp3) is 0.562. The lowest BCUT2D eigenvalue weighted by Gasteiger charge is -2.22. The van der Waals surface area contributed by atoms with Crippen LogP contribution >= 0.6 is 0 Å². The molecule has 2 N–H and O–H groups in total. The van der Waals surface area contributed by atoms with Gasteiger partial charge in [0.15, 0.2) is 0 Å². The lowest BCUT2D eigenvalue weighted by atomic mass is 9.90. The molecule has 0 aromatic heterocycles. The van der Waals surface area contributed by atoms with Crippen molar-refractivity contribution in [1.29, 1.82) is 0 Å². The first-order valence-electron chi connectivity index (χ1n) is 6.97. The fourth-order valence-corrected chi connectivity index (χ4v) is 2.67. The summed E-state index contributed by atoms with van der Waals surface area (Å²) in [7, 11) is 0. The van der Waals surface area contributed by atoms with Crippen molar-refractivity contribution in [2.45, 2.75) is 33.6 Å². The predicted molar refractivity (Wildman–Crippen MR) is 78.0 cm³/mol. The molecule has 1 fully saturated rings. The molecule has 1 aromatic rings. The Bertz CT molecular complexity index is 484. The number of nitrogens with zero attached hydrogens (tertiary/aromatic N) is 1. The van der Waals surface area contributed by atoms with E-state index in [-0.39, 0.29) is 11.3 Å².